The van der Waals surface area contributed by atoms with Gasteiger partial charge in [-0.1, -0.05) is 6.07 Å². The Morgan fingerprint density at radius 1 is 1.32 bits per heavy atom. The lowest BCUT2D eigenvalue weighted by Crippen LogP contribution is -2.50. The largest absolute Gasteiger partial charge is 0.453 e. The molecule has 4 N–H and O–H groups in total. The van der Waals surface area contributed by atoms with Crippen molar-refractivity contribution in [2.75, 3.05) is 33.4 Å². The number of piperidine rings is 1. The lowest BCUT2D eigenvalue weighted by Gasteiger charge is -2.32. The number of ether oxygens (including phenoxy) is 2. The normalized spacial score (nSPS) is 16.0. The second-order valence-electron chi connectivity index (χ2n) is 8.80. The summed E-state index contributed by atoms with van der Waals surface area (Å²) >= 11 is 0. The Morgan fingerprint density at radius 3 is 2.85 bits per heavy atom. The molecule has 1 fully saturated rings. The maximum absolute atomic E-state index is 14.8. The number of nitrogens with two attached hydrogens (primary N) is 1. The molecule has 1 saturated heterocycles. The van der Waals surface area contributed by atoms with E-state index in [2.05, 4.69) is 20.2 Å². The van der Waals surface area contributed by atoms with Crippen LogP contribution in [0, 0.1) is 12.7 Å². The Labute approximate surface area is 198 Å². The average molecular weight is 470 g/mol. The summed E-state index contributed by atoms with van der Waals surface area (Å²) in [6, 6.07) is 5.75. The minimum Gasteiger partial charge on any atom is -0.453 e. The van der Waals surface area contributed by atoms with E-state index in [1.165, 1.54) is 6.07 Å². The van der Waals surface area contributed by atoms with Crippen LogP contribution in [0.25, 0.3) is 11.0 Å². The van der Waals surface area contributed by atoms with Crippen LogP contribution < -0.4 is 15.8 Å². The number of amides is 1. The third-order valence-corrected chi connectivity index (χ3v) is 6.29. The van der Waals surface area contributed by atoms with E-state index >= 15 is 0 Å². The van der Waals surface area contributed by atoms with Gasteiger partial charge in [0, 0.05) is 45.2 Å². The molecule has 0 bridgehead atoms. The van der Waals surface area contributed by atoms with Crippen molar-refractivity contribution in [3.05, 3.63) is 53.6 Å². The fourth-order valence-electron chi connectivity index (χ4n) is 4.32. The molecule has 34 heavy (non-hydrogen) atoms. The lowest BCUT2D eigenvalue weighted by atomic mass is 10.0. The molecule has 1 atom stereocenters. The van der Waals surface area contributed by atoms with Gasteiger partial charge in [-0.15, -0.1) is 0 Å². The topological polar surface area (TPSA) is 106 Å². The number of carbonyl (C=O) groups excluding carboxylic acids is 1. The molecule has 182 valence electrons. The predicted octanol–water partition coefficient (Wildman–Crippen LogP) is 2.90. The first-order valence-corrected chi connectivity index (χ1v) is 11.6. The highest BCUT2D eigenvalue weighted by Gasteiger charge is 2.23. The van der Waals surface area contributed by atoms with E-state index in [0.29, 0.717) is 23.6 Å². The number of rotatable bonds is 9. The van der Waals surface area contributed by atoms with E-state index < -0.39 is 11.9 Å². The summed E-state index contributed by atoms with van der Waals surface area (Å²) in [5, 5.41) is 3.86. The number of halogens is 1. The highest BCUT2D eigenvalue weighted by atomic mass is 19.1. The number of fused-ring (bicyclic) bond motifs is 1. The summed E-state index contributed by atoms with van der Waals surface area (Å²) in [6.07, 6.45) is 5.45. The second-order valence-corrected chi connectivity index (χ2v) is 8.80. The van der Waals surface area contributed by atoms with Gasteiger partial charge in [0.05, 0.1) is 18.0 Å². The number of benzene rings is 1. The molecule has 4 rings (SSSR count). The highest BCUT2D eigenvalue weighted by Crippen LogP contribution is 2.32. The quantitative estimate of drug-likeness (QED) is 0.445. The van der Waals surface area contributed by atoms with E-state index in [0.717, 1.165) is 43.4 Å². The number of hydrogen-bond donors (Lipinski definition) is 3. The van der Waals surface area contributed by atoms with Gasteiger partial charge in [-0.2, -0.15) is 0 Å². The third kappa shape index (κ3) is 5.72. The van der Waals surface area contributed by atoms with Gasteiger partial charge in [-0.3, -0.25) is 4.79 Å². The maximum Gasteiger partial charge on any atom is 0.237 e. The molecule has 1 aliphatic heterocycles. The van der Waals surface area contributed by atoms with Crippen LogP contribution in [0.2, 0.25) is 0 Å². The van der Waals surface area contributed by atoms with E-state index in [1.807, 2.05) is 13.1 Å². The van der Waals surface area contributed by atoms with E-state index in [1.54, 1.807) is 31.5 Å². The van der Waals surface area contributed by atoms with E-state index in [-0.39, 0.29) is 24.1 Å². The highest BCUT2D eigenvalue weighted by molar-refractivity contribution is 5.86. The number of aromatic amines is 1. The van der Waals surface area contributed by atoms with Gasteiger partial charge >= 0.3 is 0 Å². The molecule has 3 aromatic rings. The number of aryl methyl sites for hydroxylation is 1. The molecular weight excluding hydrogens is 437 g/mol. The van der Waals surface area contributed by atoms with Crippen molar-refractivity contribution in [3.63, 3.8) is 0 Å². The standard InChI is InChI=1S/C25H32FN5O3/c1-16-15-29-24-23(16)22(5-8-28-24)34-21-4-3-17(13-19(21)26)14-20(27)25(32)30-18-6-9-31(10-7-18)11-12-33-2/h3-5,8,13,15,18,20H,6-7,9-12,14,27H2,1-2H3,(H,28,29)(H,30,32)/t20-/m0/s1. The van der Waals surface area contributed by atoms with Crippen molar-refractivity contribution in [2.24, 2.45) is 5.73 Å². The SMILES string of the molecule is COCCN1CCC(NC(=O)[C@@H](N)Cc2ccc(Oc3ccnc4[nH]cc(C)c34)c(F)c2)CC1. The molecule has 1 aromatic carbocycles. The Balaban J connectivity index is 1.32. The summed E-state index contributed by atoms with van der Waals surface area (Å²) in [7, 11) is 1.70. The second kappa shape index (κ2) is 10.9. The first-order valence-electron chi connectivity index (χ1n) is 11.6. The zero-order valence-electron chi connectivity index (χ0n) is 19.6. The smallest absolute Gasteiger partial charge is 0.237 e. The number of nitrogens with zero attached hydrogens (tertiary/aromatic N) is 2. The Bertz CT molecular complexity index is 1130. The maximum atomic E-state index is 14.8. The lowest BCUT2D eigenvalue weighted by molar-refractivity contribution is -0.123. The van der Waals surface area contributed by atoms with Gasteiger partial charge in [0.15, 0.2) is 11.6 Å². The molecule has 8 nitrogen and oxygen atoms in total. The first-order chi connectivity index (χ1) is 16.4. The predicted molar refractivity (Wildman–Crippen MR) is 128 cm³/mol. The van der Waals surface area contributed by atoms with Crippen LogP contribution >= 0.6 is 0 Å². The summed E-state index contributed by atoms with van der Waals surface area (Å²) in [5.41, 5.74) is 8.42. The number of hydrogen-bond acceptors (Lipinski definition) is 6. The number of likely N-dealkylation sites (tertiary alicyclic amines) is 1. The molecule has 9 heteroatoms. The summed E-state index contributed by atoms with van der Waals surface area (Å²) in [6.45, 7) is 5.38. The Hall–Kier alpha value is -3.01. The molecule has 2 aromatic heterocycles. The number of nitrogens with one attached hydrogen (secondary N) is 2. The minimum absolute atomic E-state index is 0.107. The van der Waals surface area contributed by atoms with Crippen molar-refractivity contribution in [1.82, 2.24) is 20.2 Å². The van der Waals surface area contributed by atoms with Crippen molar-refractivity contribution in [3.8, 4) is 11.5 Å². The van der Waals surface area contributed by atoms with Crippen LogP contribution in [0.1, 0.15) is 24.0 Å². The fraction of sp³-hybridized carbons (Fsp3) is 0.440. The molecule has 1 amide bonds. The molecule has 3 heterocycles. The van der Waals surface area contributed by atoms with Gasteiger partial charge in [0.2, 0.25) is 5.91 Å². The van der Waals surface area contributed by atoms with Crippen LogP contribution in [-0.4, -0.2) is 66.2 Å². The summed E-state index contributed by atoms with van der Waals surface area (Å²) in [5.74, 6) is -0.0836. The molecule has 0 saturated carbocycles. The number of methoxy groups -OCH3 is 1. The van der Waals surface area contributed by atoms with Gasteiger partial charge in [0.25, 0.3) is 0 Å². The van der Waals surface area contributed by atoms with Crippen LogP contribution in [0.15, 0.2) is 36.7 Å². The minimum atomic E-state index is -0.750. The summed E-state index contributed by atoms with van der Waals surface area (Å²) in [4.78, 5) is 22.2. The first kappa shape index (κ1) is 24.1. The van der Waals surface area contributed by atoms with Gasteiger partial charge in [-0.25, -0.2) is 9.37 Å². The van der Waals surface area contributed by atoms with Crippen molar-refractivity contribution in [1.29, 1.82) is 0 Å². The van der Waals surface area contributed by atoms with Crippen molar-refractivity contribution >= 4 is 16.9 Å². The molecule has 0 spiro atoms. The van der Waals surface area contributed by atoms with Gasteiger partial charge in [-0.05, 0) is 55.5 Å². The molecule has 0 unspecified atom stereocenters. The van der Waals surface area contributed by atoms with E-state index in [9.17, 15) is 9.18 Å². The monoisotopic (exact) mass is 469 g/mol. The summed E-state index contributed by atoms with van der Waals surface area (Å²) < 4.78 is 25.8. The number of H-pyrrole nitrogens is 1. The Kier molecular flexibility index (Phi) is 7.77. The van der Waals surface area contributed by atoms with Crippen LogP contribution in [0.4, 0.5) is 4.39 Å². The molecule has 0 aliphatic carbocycles. The Morgan fingerprint density at radius 2 is 2.12 bits per heavy atom. The zero-order chi connectivity index (χ0) is 24.1. The van der Waals surface area contributed by atoms with Crippen molar-refractivity contribution < 1.29 is 18.7 Å². The van der Waals surface area contributed by atoms with Crippen LogP contribution in [-0.2, 0) is 16.0 Å². The molecular formula is C25H32FN5O3. The number of pyridine rings is 1. The third-order valence-electron chi connectivity index (χ3n) is 6.29. The number of aromatic nitrogens is 2. The van der Waals surface area contributed by atoms with Gasteiger partial charge in [0.1, 0.15) is 11.4 Å². The van der Waals surface area contributed by atoms with Crippen LogP contribution in [0.5, 0.6) is 11.5 Å². The number of carbonyl (C=O) groups is 1. The van der Waals surface area contributed by atoms with Gasteiger partial charge < -0.3 is 30.4 Å². The van der Waals surface area contributed by atoms with Crippen LogP contribution in [0.3, 0.4) is 0 Å². The van der Waals surface area contributed by atoms with E-state index in [4.69, 9.17) is 15.2 Å². The zero-order valence-corrected chi connectivity index (χ0v) is 19.6. The fourth-order valence-corrected chi connectivity index (χ4v) is 4.32. The molecule has 0 radical (unpaired) electrons. The average Bonchev–Trinajstić information content (AvgIpc) is 3.22. The molecule has 1 aliphatic rings. The van der Waals surface area contributed by atoms with Crippen molar-refractivity contribution in [2.45, 2.75) is 38.3 Å².